The van der Waals surface area contributed by atoms with E-state index in [0.29, 0.717) is 5.69 Å². The van der Waals surface area contributed by atoms with Crippen LogP contribution in [0.15, 0.2) is 48.8 Å². The van der Waals surface area contributed by atoms with Gasteiger partial charge in [-0.3, -0.25) is 14.6 Å². The van der Waals surface area contributed by atoms with Crippen LogP contribution in [0.2, 0.25) is 0 Å². The summed E-state index contributed by atoms with van der Waals surface area (Å²) in [6.45, 7) is 1.50. The van der Waals surface area contributed by atoms with Crippen molar-refractivity contribution >= 4 is 17.6 Å². The molecule has 0 spiro atoms. The van der Waals surface area contributed by atoms with Gasteiger partial charge in [0.1, 0.15) is 18.1 Å². The van der Waals surface area contributed by atoms with Crippen molar-refractivity contribution < 1.29 is 28.6 Å². The smallest absolute Gasteiger partial charge is 0.257 e. The number of carbonyl (C=O) groups excluding carboxylic acids is 2. The van der Waals surface area contributed by atoms with Gasteiger partial charge >= 0.3 is 0 Å². The van der Waals surface area contributed by atoms with Gasteiger partial charge in [0.2, 0.25) is 5.91 Å². The van der Waals surface area contributed by atoms with Gasteiger partial charge < -0.3 is 25.6 Å². The van der Waals surface area contributed by atoms with E-state index in [1.807, 2.05) is 0 Å². The van der Waals surface area contributed by atoms with Crippen LogP contribution >= 0.6 is 0 Å². The van der Waals surface area contributed by atoms with Gasteiger partial charge in [0.05, 0.1) is 24.7 Å². The maximum absolute atomic E-state index is 14.3. The summed E-state index contributed by atoms with van der Waals surface area (Å²) in [6, 6.07) is 7.76. The largest absolute Gasteiger partial charge is 0.491 e. The molecule has 1 heterocycles. The number of halogens is 1. The van der Waals surface area contributed by atoms with Gasteiger partial charge in [0, 0.05) is 17.2 Å². The van der Waals surface area contributed by atoms with Crippen LogP contribution in [0.5, 0.6) is 17.2 Å². The molecule has 0 aliphatic heterocycles. The molecule has 0 fully saturated rings. The fraction of sp³-hybridized carbons (Fsp3) is 0.143. The quantitative estimate of drug-likeness (QED) is 0.503. The van der Waals surface area contributed by atoms with Gasteiger partial charge in [0.15, 0.2) is 17.4 Å². The predicted molar refractivity (Wildman–Crippen MR) is 109 cm³/mol. The highest BCUT2D eigenvalue weighted by atomic mass is 19.1. The number of ether oxygens (including phenoxy) is 2. The number of carbonyl (C=O) groups is 2. The van der Waals surface area contributed by atoms with Crippen molar-refractivity contribution in [2.75, 3.05) is 18.5 Å². The Balaban J connectivity index is 1.88. The molecule has 2 amide bonds. The van der Waals surface area contributed by atoms with Crippen LogP contribution in [-0.2, 0) is 0 Å². The summed E-state index contributed by atoms with van der Waals surface area (Å²) in [7, 11) is 0. The summed E-state index contributed by atoms with van der Waals surface area (Å²) in [5, 5.41) is 11.6. The number of aryl methyl sites for hydroxylation is 1. The van der Waals surface area contributed by atoms with E-state index >= 15 is 0 Å². The lowest BCUT2D eigenvalue weighted by molar-refractivity contribution is 0.0997. The number of anilines is 1. The number of hydrogen-bond acceptors (Lipinski definition) is 7. The van der Waals surface area contributed by atoms with Crippen LogP contribution in [0.1, 0.15) is 26.4 Å². The third-order valence-corrected chi connectivity index (χ3v) is 3.97. The number of benzene rings is 2. The summed E-state index contributed by atoms with van der Waals surface area (Å²) in [5.74, 6) is -1.72. The Morgan fingerprint density at radius 3 is 2.52 bits per heavy atom. The first kappa shape index (κ1) is 21.7. The molecule has 4 N–H and O–H groups in total. The zero-order valence-electron chi connectivity index (χ0n) is 16.5. The number of rotatable bonds is 8. The van der Waals surface area contributed by atoms with Crippen LogP contribution in [0.25, 0.3) is 0 Å². The summed E-state index contributed by atoms with van der Waals surface area (Å²) in [5.41, 5.74) is 5.96. The first-order valence-corrected chi connectivity index (χ1v) is 9.11. The second kappa shape index (κ2) is 9.63. The standard InChI is InChI=1S/C21H19FN4O5/c1-12-10-25-19(11-24-12)26-21(29)14-6-15(30-5-4-27)9-16(7-14)31-18-3-2-13(20(23)28)8-17(18)22/h2-3,6-11,27H,4-5H2,1H3,(H2,23,28)(H,25,26,29). The minimum absolute atomic E-state index is 0.0100. The molecule has 10 heteroatoms. The molecule has 2 aromatic carbocycles. The van der Waals surface area contributed by atoms with Gasteiger partial charge in [0.25, 0.3) is 5.91 Å². The number of nitrogens with zero attached hydrogens (tertiary/aromatic N) is 2. The van der Waals surface area contributed by atoms with Gasteiger partial charge in [-0.1, -0.05) is 0 Å². The average Bonchev–Trinajstić information content (AvgIpc) is 2.75. The van der Waals surface area contributed by atoms with Crippen molar-refractivity contribution in [1.82, 2.24) is 9.97 Å². The Morgan fingerprint density at radius 1 is 1.10 bits per heavy atom. The highest BCUT2D eigenvalue weighted by molar-refractivity contribution is 6.04. The first-order chi connectivity index (χ1) is 14.9. The van der Waals surface area contributed by atoms with Crippen LogP contribution in [0.3, 0.4) is 0 Å². The Kier molecular flexibility index (Phi) is 6.73. The van der Waals surface area contributed by atoms with E-state index in [4.69, 9.17) is 20.3 Å². The van der Waals surface area contributed by atoms with E-state index in [1.165, 1.54) is 42.7 Å². The Morgan fingerprint density at radius 2 is 1.87 bits per heavy atom. The van der Waals surface area contributed by atoms with E-state index in [9.17, 15) is 14.0 Å². The Bertz CT molecular complexity index is 1110. The lowest BCUT2D eigenvalue weighted by Gasteiger charge is -2.12. The minimum atomic E-state index is -0.807. The van der Waals surface area contributed by atoms with Crippen molar-refractivity contribution in [3.8, 4) is 17.2 Å². The van der Waals surface area contributed by atoms with Crippen molar-refractivity contribution in [1.29, 1.82) is 0 Å². The van der Waals surface area contributed by atoms with Gasteiger partial charge in [-0.2, -0.15) is 0 Å². The van der Waals surface area contributed by atoms with E-state index in [-0.39, 0.29) is 47.4 Å². The number of nitrogens with one attached hydrogen (secondary N) is 1. The zero-order chi connectivity index (χ0) is 22.4. The highest BCUT2D eigenvalue weighted by Gasteiger charge is 2.14. The molecule has 31 heavy (non-hydrogen) atoms. The number of nitrogens with two attached hydrogens (primary N) is 1. The van der Waals surface area contributed by atoms with Gasteiger partial charge in [-0.25, -0.2) is 9.37 Å². The molecule has 0 unspecified atom stereocenters. The summed E-state index contributed by atoms with van der Waals surface area (Å²) >= 11 is 0. The molecule has 160 valence electrons. The lowest BCUT2D eigenvalue weighted by Crippen LogP contribution is -2.14. The maximum Gasteiger partial charge on any atom is 0.257 e. The highest BCUT2D eigenvalue weighted by Crippen LogP contribution is 2.30. The van der Waals surface area contributed by atoms with Gasteiger partial charge in [-0.15, -0.1) is 0 Å². The molecule has 0 saturated heterocycles. The fourth-order valence-corrected chi connectivity index (χ4v) is 2.52. The van der Waals surface area contributed by atoms with Crippen LogP contribution in [0, 0.1) is 12.7 Å². The third kappa shape index (κ3) is 5.73. The predicted octanol–water partition coefficient (Wildman–Crippen LogP) is 2.44. The zero-order valence-corrected chi connectivity index (χ0v) is 16.5. The second-order valence-electron chi connectivity index (χ2n) is 6.37. The number of amides is 2. The third-order valence-electron chi connectivity index (χ3n) is 3.97. The molecular weight excluding hydrogens is 407 g/mol. The molecule has 0 atom stereocenters. The molecule has 1 aromatic heterocycles. The molecule has 0 saturated carbocycles. The molecule has 3 aromatic rings. The fourth-order valence-electron chi connectivity index (χ4n) is 2.52. The Labute approximate surface area is 176 Å². The first-order valence-electron chi connectivity index (χ1n) is 9.11. The summed E-state index contributed by atoms with van der Waals surface area (Å²) in [4.78, 5) is 32.0. The van der Waals surface area contributed by atoms with Crippen LogP contribution < -0.4 is 20.5 Å². The van der Waals surface area contributed by atoms with Gasteiger partial charge in [-0.05, 0) is 37.3 Å². The van der Waals surface area contributed by atoms with E-state index < -0.39 is 17.6 Å². The van der Waals surface area contributed by atoms with Crippen molar-refractivity contribution in [3.63, 3.8) is 0 Å². The van der Waals surface area contributed by atoms with E-state index in [2.05, 4.69) is 15.3 Å². The molecule has 0 aliphatic carbocycles. The topological polar surface area (TPSA) is 137 Å². The van der Waals surface area contributed by atoms with Crippen molar-refractivity contribution in [2.24, 2.45) is 5.73 Å². The minimum Gasteiger partial charge on any atom is -0.491 e. The molecular formula is C21H19FN4O5. The number of hydrogen-bond donors (Lipinski definition) is 3. The Hall–Kier alpha value is -4.05. The maximum atomic E-state index is 14.3. The SMILES string of the molecule is Cc1cnc(NC(=O)c2cc(OCCO)cc(Oc3ccc(C(N)=O)cc3F)c2)cn1. The average molecular weight is 426 g/mol. The lowest BCUT2D eigenvalue weighted by atomic mass is 10.1. The summed E-state index contributed by atoms with van der Waals surface area (Å²) < 4.78 is 25.2. The number of aromatic nitrogens is 2. The number of aliphatic hydroxyl groups excluding tert-OH is 1. The normalized spacial score (nSPS) is 10.4. The molecule has 0 bridgehead atoms. The van der Waals surface area contributed by atoms with Crippen LogP contribution in [-0.4, -0.2) is 40.1 Å². The monoisotopic (exact) mass is 426 g/mol. The van der Waals surface area contributed by atoms with E-state index in [0.717, 1.165) is 6.07 Å². The number of primary amides is 1. The second-order valence-corrected chi connectivity index (χ2v) is 6.37. The molecule has 9 nitrogen and oxygen atoms in total. The molecule has 0 radical (unpaired) electrons. The molecule has 0 aliphatic rings. The van der Waals surface area contributed by atoms with Crippen molar-refractivity contribution in [2.45, 2.75) is 6.92 Å². The van der Waals surface area contributed by atoms with Crippen molar-refractivity contribution in [3.05, 3.63) is 71.4 Å². The summed E-state index contributed by atoms with van der Waals surface area (Å²) in [6.07, 6.45) is 2.91. The van der Waals surface area contributed by atoms with E-state index in [1.54, 1.807) is 6.92 Å². The van der Waals surface area contributed by atoms with Crippen LogP contribution in [0.4, 0.5) is 10.2 Å². The number of aliphatic hydroxyl groups is 1. The molecule has 3 rings (SSSR count).